The van der Waals surface area contributed by atoms with Crippen LogP contribution in [-0.4, -0.2) is 62.2 Å². The smallest absolute Gasteiger partial charge is 0.0202 e. The number of nitrogens with zero attached hydrogens (tertiary/aromatic N) is 2. The summed E-state index contributed by atoms with van der Waals surface area (Å²) in [4.78, 5) is 4.89. The quantitative estimate of drug-likeness (QED) is 0.710. The first-order valence-corrected chi connectivity index (χ1v) is 6.78. The second-order valence-electron chi connectivity index (χ2n) is 5.74. The second-order valence-corrected chi connectivity index (χ2v) is 5.74. The van der Waals surface area contributed by atoms with E-state index in [4.69, 9.17) is 0 Å². The molecule has 0 bridgehead atoms. The molecule has 3 heteroatoms. The predicted octanol–water partition coefficient (Wildman–Crippen LogP) is 1.57. The number of likely N-dealkylation sites (tertiary alicyclic amines) is 1. The largest absolute Gasteiger partial charge is 0.311 e. The van der Waals surface area contributed by atoms with Crippen molar-refractivity contribution in [2.24, 2.45) is 0 Å². The first-order chi connectivity index (χ1) is 7.99. The Labute approximate surface area is 107 Å². The van der Waals surface area contributed by atoms with Crippen LogP contribution < -0.4 is 5.32 Å². The van der Waals surface area contributed by atoms with Crippen LogP contribution in [0, 0.1) is 0 Å². The molecule has 1 heterocycles. The van der Waals surface area contributed by atoms with Crippen molar-refractivity contribution in [2.45, 2.75) is 38.8 Å². The van der Waals surface area contributed by atoms with Crippen LogP contribution in [0.1, 0.15) is 26.7 Å². The van der Waals surface area contributed by atoms with Crippen LogP contribution in [0.3, 0.4) is 0 Å². The first kappa shape index (κ1) is 14.7. The van der Waals surface area contributed by atoms with Crippen molar-refractivity contribution in [3.05, 3.63) is 12.2 Å². The summed E-state index contributed by atoms with van der Waals surface area (Å²) in [6.45, 7) is 12.9. The molecule has 0 aromatic heterocycles. The van der Waals surface area contributed by atoms with Crippen molar-refractivity contribution in [1.82, 2.24) is 15.1 Å². The molecule has 0 saturated carbocycles. The summed E-state index contributed by atoms with van der Waals surface area (Å²) in [6.07, 6.45) is 2.58. The zero-order valence-corrected chi connectivity index (χ0v) is 12.0. The molecule has 3 nitrogen and oxygen atoms in total. The van der Waals surface area contributed by atoms with E-state index < -0.39 is 0 Å². The van der Waals surface area contributed by atoms with Gasteiger partial charge in [-0.2, -0.15) is 0 Å². The maximum atomic E-state index is 4.16. The first-order valence-electron chi connectivity index (χ1n) is 6.78. The van der Waals surface area contributed by atoms with Crippen LogP contribution >= 0.6 is 0 Å². The molecule has 0 atom stereocenters. The van der Waals surface area contributed by atoms with Gasteiger partial charge < -0.3 is 10.2 Å². The molecular formula is C14H29N3. The Kier molecular flexibility index (Phi) is 6.17. The lowest BCUT2D eigenvalue weighted by atomic mass is 10.0. The summed E-state index contributed by atoms with van der Waals surface area (Å²) < 4.78 is 0. The van der Waals surface area contributed by atoms with Crippen LogP contribution in [-0.2, 0) is 0 Å². The third-order valence-corrected chi connectivity index (χ3v) is 3.54. The van der Waals surface area contributed by atoms with Crippen molar-refractivity contribution in [1.29, 1.82) is 0 Å². The minimum absolute atomic E-state index is 0.542. The van der Waals surface area contributed by atoms with Gasteiger partial charge in [0.05, 0.1) is 0 Å². The molecule has 0 unspecified atom stereocenters. The Morgan fingerprint density at radius 1 is 1.41 bits per heavy atom. The van der Waals surface area contributed by atoms with Gasteiger partial charge in [0.1, 0.15) is 0 Å². The second kappa shape index (κ2) is 7.14. The maximum Gasteiger partial charge on any atom is 0.0202 e. The highest BCUT2D eigenvalue weighted by Gasteiger charge is 2.20. The van der Waals surface area contributed by atoms with Crippen LogP contribution in [0.2, 0.25) is 0 Å². The van der Waals surface area contributed by atoms with E-state index in [2.05, 4.69) is 49.6 Å². The molecule has 1 N–H and O–H groups in total. The van der Waals surface area contributed by atoms with Gasteiger partial charge in [-0.1, -0.05) is 20.4 Å². The Morgan fingerprint density at radius 2 is 2.00 bits per heavy atom. The molecule has 0 radical (unpaired) electrons. The van der Waals surface area contributed by atoms with Crippen molar-refractivity contribution < 1.29 is 0 Å². The minimum Gasteiger partial charge on any atom is -0.311 e. The number of hydrogen-bond donors (Lipinski definition) is 1. The molecule has 0 amide bonds. The van der Waals surface area contributed by atoms with Crippen molar-refractivity contribution >= 4 is 0 Å². The average molecular weight is 239 g/mol. The standard InChI is InChI=1S/C14H29N3/c1-12(2)15-10-13(3)11-17(5)14-6-8-16(4)9-7-14/h12,14-15H,3,6-11H2,1-2,4-5H3. The monoisotopic (exact) mass is 239 g/mol. The summed E-state index contributed by atoms with van der Waals surface area (Å²) >= 11 is 0. The van der Waals surface area contributed by atoms with Crippen molar-refractivity contribution in [3.8, 4) is 0 Å². The fraction of sp³-hybridized carbons (Fsp3) is 0.857. The lowest BCUT2D eigenvalue weighted by Gasteiger charge is -2.35. The minimum atomic E-state index is 0.542. The number of hydrogen-bond acceptors (Lipinski definition) is 3. The van der Waals surface area contributed by atoms with E-state index in [1.807, 2.05) is 0 Å². The molecule has 0 spiro atoms. The summed E-state index contributed by atoms with van der Waals surface area (Å²) in [5, 5.41) is 3.43. The SMILES string of the molecule is C=C(CNC(C)C)CN(C)C1CCN(C)CC1. The van der Waals surface area contributed by atoms with Crippen LogP contribution in [0.25, 0.3) is 0 Å². The van der Waals surface area contributed by atoms with Crippen molar-refractivity contribution in [3.63, 3.8) is 0 Å². The Bertz CT molecular complexity index is 230. The molecule has 1 fully saturated rings. The van der Waals surface area contributed by atoms with Gasteiger partial charge in [-0.3, -0.25) is 4.90 Å². The Hall–Kier alpha value is -0.380. The zero-order chi connectivity index (χ0) is 12.8. The van der Waals surface area contributed by atoms with Crippen LogP contribution in [0.15, 0.2) is 12.2 Å². The normalized spacial score (nSPS) is 19.2. The molecule has 1 rings (SSSR count). The number of nitrogens with one attached hydrogen (secondary N) is 1. The van der Waals surface area contributed by atoms with Gasteiger partial charge in [0.2, 0.25) is 0 Å². The van der Waals surface area contributed by atoms with Gasteiger partial charge in [0, 0.05) is 25.2 Å². The Balaban J connectivity index is 2.23. The van der Waals surface area contributed by atoms with E-state index in [0.717, 1.165) is 19.1 Å². The van der Waals surface area contributed by atoms with E-state index in [1.165, 1.54) is 31.5 Å². The topological polar surface area (TPSA) is 18.5 Å². The fourth-order valence-corrected chi connectivity index (χ4v) is 2.32. The highest BCUT2D eigenvalue weighted by molar-refractivity contribution is 5.00. The molecule has 1 aliphatic heterocycles. The molecule has 100 valence electrons. The molecule has 1 saturated heterocycles. The van der Waals surface area contributed by atoms with Gasteiger partial charge in [0.25, 0.3) is 0 Å². The van der Waals surface area contributed by atoms with Crippen molar-refractivity contribution in [2.75, 3.05) is 40.3 Å². The molecular weight excluding hydrogens is 210 g/mol. The number of rotatable bonds is 6. The van der Waals surface area contributed by atoms with Crippen LogP contribution in [0.4, 0.5) is 0 Å². The van der Waals surface area contributed by atoms with Gasteiger partial charge in [-0.15, -0.1) is 0 Å². The number of piperidine rings is 1. The molecule has 0 aromatic carbocycles. The average Bonchev–Trinajstić information content (AvgIpc) is 2.27. The summed E-state index contributed by atoms with van der Waals surface area (Å²) in [5.74, 6) is 0. The van der Waals surface area contributed by atoms with Gasteiger partial charge in [-0.05, 0) is 45.6 Å². The predicted molar refractivity (Wildman–Crippen MR) is 75.4 cm³/mol. The number of likely N-dealkylation sites (N-methyl/N-ethyl adjacent to an activating group) is 1. The van der Waals surface area contributed by atoms with Gasteiger partial charge in [0.15, 0.2) is 0 Å². The maximum absolute atomic E-state index is 4.16. The van der Waals surface area contributed by atoms with Gasteiger partial charge >= 0.3 is 0 Å². The summed E-state index contributed by atoms with van der Waals surface area (Å²) in [6, 6.07) is 1.28. The Morgan fingerprint density at radius 3 is 2.53 bits per heavy atom. The third-order valence-electron chi connectivity index (χ3n) is 3.54. The van der Waals surface area contributed by atoms with E-state index in [0.29, 0.717) is 6.04 Å². The highest BCUT2D eigenvalue weighted by atomic mass is 15.2. The lowest BCUT2D eigenvalue weighted by molar-refractivity contribution is 0.152. The fourth-order valence-electron chi connectivity index (χ4n) is 2.32. The van der Waals surface area contributed by atoms with E-state index >= 15 is 0 Å². The van der Waals surface area contributed by atoms with Crippen LogP contribution in [0.5, 0.6) is 0 Å². The molecule has 0 aliphatic carbocycles. The highest BCUT2D eigenvalue weighted by Crippen LogP contribution is 2.14. The third kappa shape index (κ3) is 5.66. The van der Waals surface area contributed by atoms with Gasteiger partial charge in [-0.25, -0.2) is 0 Å². The molecule has 1 aliphatic rings. The summed E-state index contributed by atoms with van der Waals surface area (Å²) in [5.41, 5.74) is 1.29. The lowest BCUT2D eigenvalue weighted by Crippen LogP contribution is -2.43. The zero-order valence-electron chi connectivity index (χ0n) is 12.0. The van der Waals surface area contributed by atoms with E-state index in [1.54, 1.807) is 0 Å². The van der Waals surface area contributed by atoms with E-state index in [-0.39, 0.29) is 0 Å². The van der Waals surface area contributed by atoms with E-state index in [9.17, 15) is 0 Å². The summed E-state index contributed by atoms with van der Waals surface area (Å²) in [7, 11) is 4.44. The molecule has 0 aromatic rings. The molecule has 17 heavy (non-hydrogen) atoms.